The van der Waals surface area contributed by atoms with Gasteiger partial charge in [0.15, 0.2) is 0 Å². The summed E-state index contributed by atoms with van der Waals surface area (Å²) in [5, 5.41) is 17.9. The number of hydrogen-bond donors (Lipinski definition) is 3. The van der Waals surface area contributed by atoms with Crippen LogP contribution < -0.4 is 5.73 Å². The number of rotatable bonds is 2. The number of aliphatic hydroxyl groups excluding tert-OH is 1. The van der Waals surface area contributed by atoms with Crippen molar-refractivity contribution in [1.29, 1.82) is 0 Å². The molecule has 0 heterocycles. The molecule has 4 nitrogen and oxygen atoms in total. The molecule has 12 heavy (non-hydrogen) atoms. The molecule has 0 aliphatic heterocycles. The fourth-order valence-corrected chi connectivity index (χ4v) is 1.58. The molecule has 1 saturated carbocycles. The van der Waals surface area contributed by atoms with Crippen molar-refractivity contribution in [2.75, 3.05) is 6.54 Å². The Morgan fingerprint density at radius 3 is 2.33 bits per heavy atom. The minimum atomic E-state index is -0.891. The Balaban J connectivity index is 0.00000121. The van der Waals surface area contributed by atoms with E-state index in [-0.39, 0.29) is 24.9 Å². The second-order valence-corrected chi connectivity index (χ2v) is 3.23. The molecule has 0 spiro atoms. The molecule has 0 bridgehead atoms. The van der Waals surface area contributed by atoms with E-state index in [4.69, 9.17) is 15.9 Å². The molecule has 5 heteroatoms. The molecule has 0 amide bonds. The first-order chi connectivity index (χ1) is 5.04. The monoisotopic (exact) mass is 195 g/mol. The Morgan fingerprint density at radius 2 is 2.25 bits per heavy atom. The van der Waals surface area contributed by atoms with Gasteiger partial charge in [-0.1, -0.05) is 6.92 Å². The molecule has 3 atom stereocenters. The van der Waals surface area contributed by atoms with Gasteiger partial charge < -0.3 is 15.9 Å². The molecule has 0 aromatic rings. The number of hydrogen-bond acceptors (Lipinski definition) is 3. The van der Waals surface area contributed by atoms with Crippen LogP contribution in [0.25, 0.3) is 0 Å². The molecule has 0 aromatic carbocycles. The summed E-state index contributed by atoms with van der Waals surface area (Å²) in [4.78, 5) is 10.7. The molecule has 0 radical (unpaired) electrons. The summed E-state index contributed by atoms with van der Waals surface area (Å²) in [7, 11) is 0. The maximum absolute atomic E-state index is 10.7. The molecular weight excluding hydrogens is 182 g/mol. The summed E-state index contributed by atoms with van der Waals surface area (Å²) in [6.07, 6.45) is -0.199. The third kappa shape index (κ3) is 1.30. The normalized spacial score (nSPS) is 39.6. The molecule has 4 N–H and O–H groups in total. The lowest BCUT2D eigenvalue weighted by Gasteiger charge is -2.47. The summed E-state index contributed by atoms with van der Waals surface area (Å²) in [5.74, 6) is -1.11. The summed E-state index contributed by atoms with van der Waals surface area (Å²) in [6.45, 7) is 1.83. The van der Waals surface area contributed by atoms with Crippen molar-refractivity contribution in [3.8, 4) is 0 Å². The van der Waals surface area contributed by atoms with Crippen LogP contribution in [-0.2, 0) is 4.79 Å². The van der Waals surface area contributed by atoms with Crippen molar-refractivity contribution in [3.63, 3.8) is 0 Å². The number of carboxylic acids is 1. The van der Waals surface area contributed by atoms with Gasteiger partial charge in [0.2, 0.25) is 0 Å². The lowest BCUT2D eigenvalue weighted by atomic mass is 9.59. The van der Waals surface area contributed by atoms with Gasteiger partial charge in [-0.05, 0) is 12.3 Å². The summed E-state index contributed by atoms with van der Waals surface area (Å²) >= 11 is 0. The number of aliphatic hydroxyl groups is 1. The number of aliphatic carboxylic acids is 1. The van der Waals surface area contributed by atoms with Gasteiger partial charge in [0.25, 0.3) is 0 Å². The second kappa shape index (κ2) is 3.60. The van der Waals surface area contributed by atoms with E-state index in [1.807, 2.05) is 0 Å². The third-order valence-electron chi connectivity index (χ3n) is 2.81. The maximum Gasteiger partial charge on any atom is 0.311 e. The van der Waals surface area contributed by atoms with Gasteiger partial charge >= 0.3 is 5.97 Å². The lowest BCUT2D eigenvalue weighted by molar-refractivity contribution is -0.174. The van der Waals surface area contributed by atoms with Crippen molar-refractivity contribution >= 4 is 18.4 Å². The smallest absolute Gasteiger partial charge is 0.311 e. The minimum absolute atomic E-state index is 0. The topological polar surface area (TPSA) is 83.5 Å². The van der Waals surface area contributed by atoms with Crippen molar-refractivity contribution in [2.45, 2.75) is 19.4 Å². The third-order valence-corrected chi connectivity index (χ3v) is 2.81. The van der Waals surface area contributed by atoms with Crippen LogP contribution in [0.4, 0.5) is 0 Å². The second-order valence-electron chi connectivity index (χ2n) is 3.23. The van der Waals surface area contributed by atoms with Crippen molar-refractivity contribution in [3.05, 3.63) is 0 Å². The average Bonchev–Trinajstić information content (AvgIpc) is 1.98. The Hall–Kier alpha value is -0.320. The fourth-order valence-electron chi connectivity index (χ4n) is 1.58. The van der Waals surface area contributed by atoms with E-state index in [0.29, 0.717) is 6.42 Å². The first-order valence-corrected chi connectivity index (χ1v) is 3.66. The van der Waals surface area contributed by atoms with Gasteiger partial charge in [0, 0.05) is 6.54 Å². The number of halogens is 1. The molecule has 1 aliphatic carbocycles. The SMILES string of the molecule is CC1C(O)CC1(CN)C(=O)O.Cl. The van der Waals surface area contributed by atoms with Crippen LogP contribution in [0, 0.1) is 11.3 Å². The number of carboxylic acid groups (broad SMARTS) is 1. The largest absolute Gasteiger partial charge is 0.481 e. The molecule has 1 fully saturated rings. The predicted molar refractivity (Wildman–Crippen MR) is 46.2 cm³/mol. The highest BCUT2D eigenvalue weighted by Gasteiger charge is 2.55. The quantitative estimate of drug-likeness (QED) is 0.572. The Kier molecular flexibility index (Phi) is 3.50. The molecule has 0 saturated heterocycles. The van der Waals surface area contributed by atoms with E-state index < -0.39 is 17.5 Å². The van der Waals surface area contributed by atoms with E-state index in [9.17, 15) is 4.79 Å². The minimum Gasteiger partial charge on any atom is -0.481 e. The van der Waals surface area contributed by atoms with Gasteiger partial charge in [-0.15, -0.1) is 12.4 Å². The van der Waals surface area contributed by atoms with Crippen molar-refractivity contribution < 1.29 is 15.0 Å². The lowest BCUT2D eigenvalue weighted by Crippen LogP contribution is -2.58. The molecule has 3 unspecified atom stereocenters. The highest BCUT2D eigenvalue weighted by atomic mass is 35.5. The summed E-state index contributed by atoms with van der Waals surface area (Å²) < 4.78 is 0. The molecule has 1 rings (SSSR count). The molecular formula is C7H14ClNO3. The average molecular weight is 196 g/mol. The van der Waals surface area contributed by atoms with Gasteiger partial charge in [-0.25, -0.2) is 0 Å². The zero-order chi connectivity index (χ0) is 8.65. The first-order valence-electron chi connectivity index (χ1n) is 3.66. The van der Waals surface area contributed by atoms with E-state index in [1.165, 1.54) is 0 Å². The van der Waals surface area contributed by atoms with E-state index >= 15 is 0 Å². The predicted octanol–water partition coefficient (Wildman–Crippen LogP) is -0.161. The fraction of sp³-hybridized carbons (Fsp3) is 0.857. The number of nitrogens with two attached hydrogens (primary N) is 1. The zero-order valence-corrected chi connectivity index (χ0v) is 7.67. The highest BCUT2D eigenvalue weighted by Crippen LogP contribution is 2.45. The zero-order valence-electron chi connectivity index (χ0n) is 6.86. The van der Waals surface area contributed by atoms with Crippen molar-refractivity contribution in [2.24, 2.45) is 17.1 Å². The highest BCUT2D eigenvalue weighted by molar-refractivity contribution is 5.85. The Bertz CT molecular complexity index is 187. The van der Waals surface area contributed by atoms with Crippen LogP contribution in [0.5, 0.6) is 0 Å². The van der Waals surface area contributed by atoms with Crippen LogP contribution in [-0.4, -0.2) is 28.8 Å². The van der Waals surface area contributed by atoms with Gasteiger partial charge in [-0.2, -0.15) is 0 Å². The summed E-state index contributed by atoms with van der Waals surface area (Å²) in [5.41, 5.74) is 4.47. The van der Waals surface area contributed by atoms with E-state index in [2.05, 4.69) is 0 Å². The Morgan fingerprint density at radius 1 is 1.75 bits per heavy atom. The number of carbonyl (C=O) groups is 1. The van der Waals surface area contributed by atoms with E-state index in [0.717, 1.165) is 0 Å². The van der Waals surface area contributed by atoms with Crippen LogP contribution in [0.3, 0.4) is 0 Å². The Labute approximate surface area is 77.2 Å². The van der Waals surface area contributed by atoms with Crippen LogP contribution in [0.1, 0.15) is 13.3 Å². The van der Waals surface area contributed by atoms with Crippen LogP contribution >= 0.6 is 12.4 Å². The van der Waals surface area contributed by atoms with Gasteiger partial charge in [0.05, 0.1) is 11.5 Å². The van der Waals surface area contributed by atoms with Gasteiger partial charge in [-0.3, -0.25) is 4.79 Å². The maximum atomic E-state index is 10.7. The standard InChI is InChI=1S/C7H13NO3.ClH/c1-4-5(9)2-7(4,3-8)6(10)11;/h4-5,9H,2-3,8H2,1H3,(H,10,11);1H. The molecule has 1 aliphatic rings. The van der Waals surface area contributed by atoms with Crippen LogP contribution in [0.15, 0.2) is 0 Å². The van der Waals surface area contributed by atoms with E-state index in [1.54, 1.807) is 6.92 Å². The molecule has 0 aromatic heterocycles. The first kappa shape index (κ1) is 11.7. The molecule has 72 valence electrons. The summed E-state index contributed by atoms with van der Waals surface area (Å²) in [6, 6.07) is 0. The van der Waals surface area contributed by atoms with Gasteiger partial charge in [0.1, 0.15) is 0 Å². The van der Waals surface area contributed by atoms with Crippen LogP contribution in [0.2, 0.25) is 0 Å². The van der Waals surface area contributed by atoms with Crippen molar-refractivity contribution in [1.82, 2.24) is 0 Å².